The Bertz CT molecular complexity index is 1380. The smallest absolute Gasteiger partial charge is 0.292 e. The van der Waals surface area contributed by atoms with Gasteiger partial charge in [0.05, 0.1) is 10.9 Å². The van der Waals surface area contributed by atoms with E-state index in [0.717, 1.165) is 4.68 Å². The molecule has 0 saturated heterocycles. The summed E-state index contributed by atoms with van der Waals surface area (Å²) in [6, 6.07) is 11.2. The van der Waals surface area contributed by atoms with Gasteiger partial charge in [0.1, 0.15) is 6.54 Å². The van der Waals surface area contributed by atoms with Crippen molar-refractivity contribution in [2.75, 3.05) is 0 Å². The summed E-state index contributed by atoms with van der Waals surface area (Å²) in [5.74, 6) is -0.139. The van der Waals surface area contributed by atoms with Gasteiger partial charge in [-0.25, -0.2) is 13.9 Å². The number of aromatic nitrogens is 4. The molecule has 148 valence electrons. The van der Waals surface area contributed by atoms with Crippen LogP contribution in [-0.2, 0) is 13.1 Å². The van der Waals surface area contributed by atoms with E-state index in [-0.39, 0.29) is 23.7 Å². The average molecular weight is 431 g/mol. The van der Waals surface area contributed by atoms with Crippen LogP contribution in [0, 0.1) is 0 Å². The third-order valence-corrected chi connectivity index (χ3v) is 5.10. The van der Waals surface area contributed by atoms with Gasteiger partial charge in [-0.3, -0.25) is 14.2 Å². The van der Waals surface area contributed by atoms with Crippen LogP contribution in [0.2, 0.25) is 10.0 Å². The van der Waals surface area contributed by atoms with Gasteiger partial charge in [-0.05, 0) is 36.8 Å². The van der Waals surface area contributed by atoms with E-state index in [1.807, 2.05) is 6.92 Å². The summed E-state index contributed by atoms with van der Waals surface area (Å²) in [4.78, 5) is 38.6. The van der Waals surface area contributed by atoms with Gasteiger partial charge in [0.25, 0.3) is 5.56 Å². The number of ketones is 1. The summed E-state index contributed by atoms with van der Waals surface area (Å²) < 4.78 is 3.83. The van der Waals surface area contributed by atoms with Crippen molar-refractivity contribution in [3.63, 3.8) is 0 Å². The third kappa shape index (κ3) is 3.36. The third-order valence-electron chi connectivity index (χ3n) is 4.63. The minimum Gasteiger partial charge on any atom is -0.292 e. The van der Waals surface area contributed by atoms with Crippen LogP contribution in [0.5, 0.6) is 0 Å². The standard InChI is InChI=1S/C20H16Cl2N4O3/c1-2-8-24-18(28)15-7-6-14(22)10-16(15)26-19(24)23-25(20(26)29)11-17(27)12-4-3-5-13(21)9-12/h3-7,9-10H,2,8,11H2,1H3. The van der Waals surface area contributed by atoms with Gasteiger partial charge in [0.2, 0.25) is 5.78 Å². The first-order chi connectivity index (χ1) is 13.9. The summed E-state index contributed by atoms with van der Waals surface area (Å²) >= 11 is 12.0. The number of carbonyl (C=O) groups is 1. The van der Waals surface area contributed by atoms with E-state index >= 15 is 0 Å². The minimum absolute atomic E-state index is 0.176. The number of aryl methyl sites for hydroxylation is 1. The maximum absolute atomic E-state index is 13.1. The van der Waals surface area contributed by atoms with Crippen LogP contribution >= 0.6 is 23.2 Å². The molecule has 0 aliphatic heterocycles. The lowest BCUT2D eigenvalue weighted by Gasteiger charge is -2.08. The number of rotatable bonds is 5. The van der Waals surface area contributed by atoms with Crippen LogP contribution in [0.15, 0.2) is 52.1 Å². The van der Waals surface area contributed by atoms with E-state index in [4.69, 9.17) is 23.2 Å². The van der Waals surface area contributed by atoms with Crippen molar-refractivity contribution in [3.05, 3.63) is 78.9 Å². The molecule has 0 fully saturated rings. The number of hydrogen-bond donors (Lipinski definition) is 0. The van der Waals surface area contributed by atoms with E-state index < -0.39 is 5.69 Å². The lowest BCUT2D eigenvalue weighted by molar-refractivity contribution is 0.0966. The minimum atomic E-state index is -0.521. The van der Waals surface area contributed by atoms with Gasteiger partial charge >= 0.3 is 5.69 Å². The van der Waals surface area contributed by atoms with Gasteiger partial charge in [0.15, 0.2) is 5.78 Å². The fourth-order valence-corrected chi connectivity index (χ4v) is 3.66. The Morgan fingerprint density at radius 2 is 1.83 bits per heavy atom. The zero-order chi connectivity index (χ0) is 20.7. The molecule has 0 atom stereocenters. The maximum Gasteiger partial charge on any atom is 0.352 e. The Morgan fingerprint density at radius 1 is 1.07 bits per heavy atom. The van der Waals surface area contributed by atoms with Crippen molar-refractivity contribution in [2.24, 2.45) is 0 Å². The number of nitrogens with zero attached hydrogens (tertiary/aromatic N) is 4. The second kappa shape index (κ2) is 7.50. The molecule has 2 aromatic heterocycles. The summed E-state index contributed by atoms with van der Waals surface area (Å²) in [6.45, 7) is 2.04. The highest BCUT2D eigenvalue weighted by molar-refractivity contribution is 6.31. The molecule has 29 heavy (non-hydrogen) atoms. The summed E-state index contributed by atoms with van der Waals surface area (Å²) in [7, 11) is 0. The van der Waals surface area contributed by atoms with Gasteiger partial charge in [-0.2, -0.15) is 0 Å². The molecule has 0 aliphatic rings. The molecule has 9 heteroatoms. The quantitative estimate of drug-likeness (QED) is 0.454. The molecule has 0 aliphatic carbocycles. The summed E-state index contributed by atoms with van der Waals surface area (Å²) in [6.07, 6.45) is 0.678. The van der Waals surface area contributed by atoms with Crippen LogP contribution in [0.3, 0.4) is 0 Å². The number of hydrogen-bond acceptors (Lipinski definition) is 4. The zero-order valence-corrected chi connectivity index (χ0v) is 16.9. The Hall–Kier alpha value is -2.90. The first-order valence-electron chi connectivity index (χ1n) is 9.01. The van der Waals surface area contributed by atoms with Crippen LogP contribution in [-0.4, -0.2) is 24.5 Å². The molecule has 0 unspecified atom stereocenters. The van der Waals surface area contributed by atoms with Gasteiger partial charge in [-0.1, -0.05) is 42.3 Å². The fraction of sp³-hybridized carbons (Fsp3) is 0.200. The maximum atomic E-state index is 13.1. The van der Waals surface area contributed by atoms with Gasteiger partial charge < -0.3 is 0 Å². The van der Waals surface area contributed by atoms with E-state index in [1.54, 1.807) is 36.4 Å². The van der Waals surface area contributed by atoms with E-state index in [2.05, 4.69) is 5.10 Å². The molecule has 4 rings (SSSR count). The summed E-state index contributed by atoms with van der Waals surface area (Å²) in [5.41, 5.74) is -0.0477. The van der Waals surface area contributed by atoms with Crippen LogP contribution in [0.1, 0.15) is 23.7 Å². The van der Waals surface area contributed by atoms with Gasteiger partial charge in [0, 0.05) is 22.2 Å². The normalized spacial score (nSPS) is 11.4. The predicted octanol–water partition coefficient (Wildman–Crippen LogP) is 3.41. The highest BCUT2D eigenvalue weighted by atomic mass is 35.5. The average Bonchev–Trinajstić information content (AvgIpc) is 3.01. The number of halogens is 2. The molecule has 0 saturated carbocycles. The molecule has 2 heterocycles. The number of Topliss-reactive ketones (excluding diaryl/α,β-unsaturated/α-hetero) is 1. The fourth-order valence-electron chi connectivity index (χ4n) is 3.31. The van der Waals surface area contributed by atoms with Crippen LogP contribution < -0.4 is 11.2 Å². The predicted molar refractivity (Wildman–Crippen MR) is 112 cm³/mol. The number of carbonyl (C=O) groups excluding carboxylic acids is 1. The van der Waals surface area contributed by atoms with Crippen molar-refractivity contribution in [2.45, 2.75) is 26.4 Å². The van der Waals surface area contributed by atoms with Crippen molar-refractivity contribution < 1.29 is 4.79 Å². The van der Waals surface area contributed by atoms with Crippen molar-refractivity contribution in [1.82, 2.24) is 18.7 Å². The molecule has 2 aromatic carbocycles. The largest absolute Gasteiger partial charge is 0.352 e. The molecule has 4 aromatic rings. The molecule has 7 nitrogen and oxygen atoms in total. The van der Waals surface area contributed by atoms with Crippen molar-refractivity contribution in [1.29, 1.82) is 0 Å². The number of fused-ring (bicyclic) bond motifs is 3. The van der Waals surface area contributed by atoms with Gasteiger partial charge in [-0.15, -0.1) is 5.10 Å². The van der Waals surface area contributed by atoms with Crippen molar-refractivity contribution in [3.8, 4) is 0 Å². The lowest BCUT2D eigenvalue weighted by atomic mass is 10.1. The Labute approximate surface area is 174 Å². The number of benzene rings is 2. The highest BCUT2D eigenvalue weighted by Crippen LogP contribution is 2.17. The topological polar surface area (TPSA) is 78.4 Å². The molecular weight excluding hydrogens is 415 g/mol. The molecule has 0 bridgehead atoms. The first kappa shape index (κ1) is 19.4. The molecule has 0 amide bonds. The molecule has 0 spiro atoms. The van der Waals surface area contributed by atoms with E-state index in [0.29, 0.717) is 39.5 Å². The van der Waals surface area contributed by atoms with Crippen molar-refractivity contribution >= 4 is 45.7 Å². The Morgan fingerprint density at radius 3 is 2.55 bits per heavy atom. The summed E-state index contributed by atoms with van der Waals surface area (Å²) in [5, 5.41) is 5.47. The molecule has 0 radical (unpaired) electrons. The molecular formula is C20H16Cl2N4O3. The monoisotopic (exact) mass is 430 g/mol. The van der Waals surface area contributed by atoms with E-state index in [1.165, 1.54) is 15.0 Å². The lowest BCUT2D eigenvalue weighted by Crippen LogP contribution is -2.27. The zero-order valence-electron chi connectivity index (χ0n) is 15.4. The van der Waals surface area contributed by atoms with Crippen LogP contribution in [0.25, 0.3) is 16.7 Å². The Kier molecular flexibility index (Phi) is 5.02. The second-order valence-corrected chi connectivity index (χ2v) is 7.50. The first-order valence-corrected chi connectivity index (χ1v) is 9.76. The second-order valence-electron chi connectivity index (χ2n) is 6.63. The molecule has 0 N–H and O–H groups in total. The Balaban J connectivity index is 1.94. The van der Waals surface area contributed by atoms with Crippen LogP contribution in [0.4, 0.5) is 0 Å². The highest BCUT2D eigenvalue weighted by Gasteiger charge is 2.19. The van der Waals surface area contributed by atoms with E-state index in [9.17, 15) is 14.4 Å². The SMILES string of the molecule is CCCn1c(=O)c2ccc(Cl)cc2n2c(=O)n(CC(=O)c3cccc(Cl)c3)nc12.